The number of nitrogens with one attached hydrogen (secondary N) is 1. The van der Waals surface area contributed by atoms with Crippen LogP contribution in [0.5, 0.6) is 0 Å². The fourth-order valence-electron chi connectivity index (χ4n) is 3.35. The van der Waals surface area contributed by atoms with Gasteiger partial charge in [-0.05, 0) is 50.0 Å². The lowest BCUT2D eigenvalue weighted by Gasteiger charge is -2.41. The highest BCUT2D eigenvalue weighted by molar-refractivity contribution is 7.51. The van der Waals surface area contributed by atoms with Crippen LogP contribution >= 0.6 is 7.60 Å². The maximum atomic E-state index is 11.0. The highest BCUT2D eigenvalue weighted by atomic mass is 31.2. The summed E-state index contributed by atoms with van der Waals surface area (Å²) in [6.45, 7) is 0.713. The number of fused-ring (bicyclic) bond motifs is 1. The average molecular weight is 277 g/mol. The van der Waals surface area contributed by atoms with Crippen molar-refractivity contribution in [2.24, 2.45) is 17.8 Å². The third kappa shape index (κ3) is 3.54. The van der Waals surface area contributed by atoms with Crippen LogP contribution < -0.4 is 5.32 Å². The Morgan fingerprint density at radius 1 is 1.22 bits per heavy atom. The third-order valence-electron chi connectivity index (χ3n) is 4.21. The fraction of sp³-hybridized carbons (Fsp3) is 0.909. The molecule has 0 radical (unpaired) electrons. The summed E-state index contributed by atoms with van der Waals surface area (Å²) in [5, 5.41) is 12.0. The fourth-order valence-corrected chi connectivity index (χ4v) is 4.36. The van der Waals surface area contributed by atoms with Crippen LogP contribution in [0.4, 0.5) is 0 Å². The summed E-state index contributed by atoms with van der Waals surface area (Å²) in [5.74, 6) is -0.0311. The van der Waals surface area contributed by atoms with Crippen LogP contribution in [0, 0.1) is 17.8 Å². The molecule has 18 heavy (non-hydrogen) atoms. The van der Waals surface area contributed by atoms with Gasteiger partial charge in [0, 0.05) is 0 Å². The molecule has 4 N–H and O–H groups in total. The van der Waals surface area contributed by atoms with Crippen LogP contribution in [0.3, 0.4) is 0 Å². The topological polar surface area (TPSA) is 107 Å². The van der Waals surface area contributed by atoms with E-state index in [2.05, 4.69) is 5.32 Å². The predicted octanol–water partition coefficient (Wildman–Crippen LogP) is 0.643. The van der Waals surface area contributed by atoms with Crippen LogP contribution in [0.25, 0.3) is 0 Å². The van der Waals surface area contributed by atoms with Crippen LogP contribution in [-0.4, -0.2) is 39.6 Å². The van der Waals surface area contributed by atoms with Gasteiger partial charge in [-0.1, -0.05) is 0 Å². The third-order valence-corrected chi connectivity index (χ3v) is 5.20. The molecule has 7 heteroatoms. The van der Waals surface area contributed by atoms with Crippen LogP contribution in [-0.2, 0) is 9.36 Å². The molecule has 2 aliphatic rings. The van der Waals surface area contributed by atoms with Gasteiger partial charge in [0.1, 0.15) is 6.04 Å². The number of carbonyl (C=O) groups is 1. The molecule has 1 saturated carbocycles. The number of rotatable bonds is 3. The van der Waals surface area contributed by atoms with Crippen molar-refractivity contribution in [1.29, 1.82) is 0 Å². The zero-order chi connectivity index (χ0) is 13.3. The molecule has 4 atom stereocenters. The first-order valence-electron chi connectivity index (χ1n) is 6.36. The van der Waals surface area contributed by atoms with Gasteiger partial charge >= 0.3 is 13.6 Å². The van der Waals surface area contributed by atoms with E-state index in [0.717, 1.165) is 19.3 Å². The molecule has 6 nitrogen and oxygen atoms in total. The van der Waals surface area contributed by atoms with Crippen molar-refractivity contribution >= 4 is 13.6 Å². The summed E-state index contributed by atoms with van der Waals surface area (Å²) in [5.41, 5.74) is 0. The van der Waals surface area contributed by atoms with Crippen molar-refractivity contribution in [3.05, 3.63) is 0 Å². The molecule has 1 heterocycles. The second kappa shape index (κ2) is 5.29. The summed E-state index contributed by atoms with van der Waals surface area (Å²) in [4.78, 5) is 29.0. The zero-order valence-electron chi connectivity index (χ0n) is 10.2. The van der Waals surface area contributed by atoms with E-state index in [1.165, 1.54) is 0 Å². The Kier molecular flexibility index (Phi) is 4.11. The SMILES string of the molecule is O=C(O)[C@@H]1CC2C[C@@H](CP(=O)(O)O)CC[C@H]2CN1. The molecular formula is C11H20NO5P. The Bertz CT molecular complexity index is 368. The molecule has 0 aromatic rings. The summed E-state index contributed by atoms with van der Waals surface area (Å²) in [6, 6.07) is -0.500. The van der Waals surface area contributed by atoms with Crippen molar-refractivity contribution in [3.63, 3.8) is 0 Å². The Morgan fingerprint density at radius 2 is 1.94 bits per heavy atom. The minimum absolute atomic E-state index is 0.0413. The van der Waals surface area contributed by atoms with Crippen molar-refractivity contribution in [2.45, 2.75) is 31.7 Å². The number of hydrogen-bond donors (Lipinski definition) is 4. The van der Waals surface area contributed by atoms with Crippen LogP contribution in [0.1, 0.15) is 25.7 Å². The number of piperidine rings is 1. The van der Waals surface area contributed by atoms with E-state index in [-0.39, 0.29) is 18.0 Å². The van der Waals surface area contributed by atoms with E-state index < -0.39 is 19.6 Å². The van der Waals surface area contributed by atoms with Crippen LogP contribution in [0.15, 0.2) is 0 Å². The molecule has 2 fully saturated rings. The van der Waals surface area contributed by atoms with Gasteiger partial charge in [0.15, 0.2) is 0 Å². The molecule has 0 bridgehead atoms. The Hall–Kier alpha value is -0.420. The monoisotopic (exact) mass is 277 g/mol. The first kappa shape index (κ1) is 14.0. The molecule has 1 aliphatic heterocycles. The average Bonchev–Trinajstić information content (AvgIpc) is 2.25. The largest absolute Gasteiger partial charge is 0.480 e. The maximum Gasteiger partial charge on any atom is 0.325 e. The first-order chi connectivity index (χ1) is 8.35. The van der Waals surface area contributed by atoms with Gasteiger partial charge in [0.2, 0.25) is 0 Å². The highest BCUT2D eigenvalue weighted by Crippen LogP contribution is 2.45. The smallest absolute Gasteiger partial charge is 0.325 e. The Morgan fingerprint density at radius 3 is 2.56 bits per heavy atom. The molecule has 1 aliphatic carbocycles. The maximum absolute atomic E-state index is 11.0. The quantitative estimate of drug-likeness (QED) is 0.564. The molecule has 0 spiro atoms. The van der Waals surface area contributed by atoms with Crippen LogP contribution in [0.2, 0.25) is 0 Å². The van der Waals surface area contributed by atoms with Crippen molar-refractivity contribution < 1.29 is 24.3 Å². The summed E-state index contributed by atoms with van der Waals surface area (Å²) < 4.78 is 11.0. The second-order valence-electron chi connectivity index (χ2n) is 5.58. The van der Waals surface area contributed by atoms with E-state index in [0.29, 0.717) is 18.9 Å². The minimum atomic E-state index is -3.95. The molecule has 0 amide bonds. The van der Waals surface area contributed by atoms with Gasteiger partial charge in [0.05, 0.1) is 6.16 Å². The molecule has 2 rings (SSSR count). The molecule has 1 saturated heterocycles. The lowest BCUT2D eigenvalue weighted by molar-refractivity contribution is -0.141. The molecule has 0 aromatic heterocycles. The number of carboxylic acids is 1. The van der Waals surface area contributed by atoms with Gasteiger partial charge in [-0.3, -0.25) is 9.36 Å². The predicted molar refractivity (Wildman–Crippen MR) is 65.3 cm³/mol. The zero-order valence-corrected chi connectivity index (χ0v) is 11.1. The van der Waals surface area contributed by atoms with E-state index in [1.54, 1.807) is 0 Å². The lowest BCUT2D eigenvalue weighted by atomic mass is 9.70. The van der Waals surface area contributed by atoms with Crippen molar-refractivity contribution in [2.75, 3.05) is 12.7 Å². The molecular weight excluding hydrogens is 257 g/mol. The number of carboxylic acid groups (broad SMARTS) is 1. The van der Waals surface area contributed by atoms with E-state index in [1.807, 2.05) is 0 Å². The van der Waals surface area contributed by atoms with E-state index in [9.17, 15) is 9.36 Å². The lowest BCUT2D eigenvalue weighted by Crippen LogP contribution is -2.49. The Labute approximate surface area is 106 Å². The van der Waals surface area contributed by atoms with Crippen molar-refractivity contribution in [3.8, 4) is 0 Å². The van der Waals surface area contributed by atoms with Gasteiger partial charge in [-0.25, -0.2) is 0 Å². The summed E-state index contributed by atoms with van der Waals surface area (Å²) >= 11 is 0. The first-order valence-corrected chi connectivity index (χ1v) is 8.15. The summed E-state index contributed by atoms with van der Waals surface area (Å²) in [6.07, 6.45) is 3.06. The van der Waals surface area contributed by atoms with E-state index in [4.69, 9.17) is 14.9 Å². The Balaban J connectivity index is 1.93. The van der Waals surface area contributed by atoms with Crippen molar-refractivity contribution in [1.82, 2.24) is 5.32 Å². The van der Waals surface area contributed by atoms with Gasteiger partial charge in [-0.15, -0.1) is 0 Å². The van der Waals surface area contributed by atoms with E-state index >= 15 is 0 Å². The highest BCUT2D eigenvalue weighted by Gasteiger charge is 2.38. The molecule has 104 valence electrons. The number of hydrogen-bond acceptors (Lipinski definition) is 3. The number of aliphatic carboxylic acids is 1. The second-order valence-corrected chi connectivity index (χ2v) is 7.28. The van der Waals surface area contributed by atoms with Gasteiger partial charge < -0.3 is 20.2 Å². The molecule has 0 aromatic carbocycles. The summed E-state index contributed by atoms with van der Waals surface area (Å²) in [7, 11) is -3.95. The normalized spacial score (nSPS) is 37.0. The minimum Gasteiger partial charge on any atom is -0.480 e. The standard InChI is InChI=1S/C11H20NO5P/c13-11(14)10-4-9-3-7(6-18(15,16)17)1-2-8(9)5-12-10/h7-10,12H,1-6H2,(H,13,14)(H2,15,16,17)/t7-,8-,9?,10-/m0/s1. The van der Waals surface area contributed by atoms with Gasteiger partial charge in [-0.2, -0.15) is 0 Å². The molecule has 1 unspecified atom stereocenters. The van der Waals surface area contributed by atoms with Gasteiger partial charge in [0.25, 0.3) is 0 Å².